The van der Waals surface area contributed by atoms with Crippen molar-refractivity contribution in [3.8, 4) is 11.5 Å². The zero-order valence-electron chi connectivity index (χ0n) is 19.5. The molecule has 3 aromatic rings. The molecule has 0 aliphatic rings. The highest BCUT2D eigenvalue weighted by Gasteiger charge is 2.33. The van der Waals surface area contributed by atoms with Gasteiger partial charge in [0.25, 0.3) is 15.9 Å². The highest BCUT2D eigenvalue weighted by Crippen LogP contribution is 2.36. The summed E-state index contributed by atoms with van der Waals surface area (Å²) in [5.41, 5.74) is 1.32. The molecule has 8 nitrogen and oxygen atoms in total. The second-order valence-electron chi connectivity index (χ2n) is 7.40. The standard InChI is InChI=1S/C24H21BrF3N3O5S/c1-35-21-12-16(11-20(25)23(21)36-2)14-29-30-22(32)15-31(37(33,34)19-9-4-3-5-10-19)18-8-6-7-17(13-18)24(26,27)28/h3-14H,15H2,1-2H3,(H,30,32)/b29-14-. The molecule has 0 bridgehead atoms. The molecule has 1 N–H and O–H groups in total. The van der Waals surface area contributed by atoms with Gasteiger partial charge in [0.1, 0.15) is 6.54 Å². The van der Waals surface area contributed by atoms with E-state index in [1.165, 1.54) is 50.8 Å². The zero-order chi connectivity index (χ0) is 27.2. The molecule has 0 aromatic heterocycles. The lowest BCUT2D eigenvalue weighted by Gasteiger charge is -2.24. The number of nitrogens with zero attached hydrogens (tertiary/aromatic N) is 2. The number of hydrogen-bond acceptors (Lipinski definition) is 6. The monoisotopic (exact) mass is 599 g/mol. The molecule has 0 fully saturated rings. The molecule has 0 saturated heterocycles. The maximum absolute atomic E-state index is 13.3. The molecule has 0 atom stereocenters. The third-order valence-corrected chi connectivity index (χ3v) is 7.32. The molecule has 3 aromatic carbocycles. The first-order valence-electron chi connectivity index (χ1n) is 10.5. The van der Waals surface area contributed by atoms with E-state index in [0.717, 1.165) is 12.1 Å². The van der Waals surface area contributed by atoms with Gasteiger partial charge in [0.15, 0.2) is 11.5 Å². The van der Waals surface area contributed by atoms with Crippen molar-refractivity contribution < 1.29 is 35.9 Å². The molecule has 1 amide bonds. The van der Waals surface area contributed by atoms with Crippen LogP contribution in [0.1, 0.15) is 11.1 Å². The molecule has 3 rings (SSSR count). The molecule has 0 aliphatic carbocycles. The summed E-state index contributed by atoms with van der Waals surface area (Å²) in [5, 5.41) is 3.83. The van der Waals surface area contributed by atoms with Crippen molar-refractivity contribution in [1.82, 2.24) is 5.43 Å². The number of halogens is 4. The van der Waals surface area contributed by atoms with Gasteiger partial charge in [-0.25, -0.2) is 13.8 Å². The van der Waals surface area contributed by atoms with Crippen LogP contribution in [0.2, 0.25) is 0 Å². The van der Waals surface area contributed by atoms with Crippen LogP contribution in [0.5, 0.6) is 11.5 Å². The van der Waals surface area contributed by atoms with Crippen molar-refractivity contribution in [2.45, 2.75) is 11.1 Å². The Labute approximate surface area is 219 Å². The van der Waals surface area contributed by atoms with Crippen molar-refractivity contribution in [3.63, 3.8) is 0 Å². The summed E-state index contributed by atoms with van der Waals surface area (Å²) >= 11 is 3.33. The van der Waals surface area contributed by atoms with E-state index >= 15 is 0 Å². The molecule has 13 heteroatoms. The fourth-order valence-electron chi connectivity index (χ4n) is 3.23. The van der Waals surface area contributed by atoms with Gasteiger partial charge in [0.2, 0.25) is 0 Å². The average molecular weight is 600 g/mol. The fourth-order valence-corrected chi connectivity index (χ4v) is 5.28. The van der Waals surface area contributed by atoms with Gasteiger partial charge in [0, 0.05) is 0 Å². The van der Waals surface area contributed by atoms with Crippen molar-refractivity contribution in [2.75, 3.05) is 25.1 Å². The summed E-state index contributed by atoms with van der Waals surface area (Å²) in [5.74, 6) is -0.0337. The summed E-state index contributed by atoms with van der Waals surface area (Å²) < 4.78 is 78.1. The Morgan fingerprint density at radius 1 is 1.05 bits per heavy atom. The maximum Gasteiger partial charge on any atom is 0.416 e. The summed E-state index contributed by atoms with van der Waals surface area (Å²) in [6.45, 7) is -0.828. The van der Waals surface area contributed by atoms with E-state index in [2.05, 4.69) is 26.5 Å². The zero-order valence-corrected chi connectivity index (χ0v) is 21.9. The SMILES string of the molecule is COc1cc(/C=N\NC(=O)CN(c2cccc(C(F)(F)F)c2)S(=O)(=O)c2ccccc2)cc(Br)c1OC. The number of hydrazone groups is 1. The number of sulfonamides is 1. The third-order valence-electron chi connectivity index (χ3n) is 4.94. The molecule has 0 unspecified atom stereocenters. The molecule has 37 heavy (non-hydrogen) atoms. The van der Waals surface area contributed by atoms with Crippen LogP contribution in [-0.4, -0.2) is 41.3 Å². The third kappa shape index (κ3) is 6.80. The smallest absolute Gasteiger partial charge is 0.416 e. The first kappa shape index (κ1) is 28.0. The van der Waals surface area contributed by atoms with E-state index < -0.39 is 34.2 Å². The van der Waals surface area contributed by atoms with Crippen molar-refractivity contribution >= 4 is 43.8 Å². The molecule has 196 valence electrons. The second-order valence-corrected chi connectivity index (χ2v) is 10.1. The minimum Gasteiger partial charge on any atom is -0.493 e. The lowest BCUT2D eigenvalue weighted by Crippen LogP contribution is -2.39. The van der Waals surface area contributed by atoms with E-state index in [0.29, 0.717) is 31.9 Å². The van der Waals surface area contributed by atoms with E-state index in [9.17, 15) is 26.4 Å². The minimum atomic E-state index is -4.71. The van der Waals surface area contributed by atoms with Crippen LogP contribution in [0.25, 0.3) is 0 Å². The number of carbonyl (C=O) groups excluding carboxylic acids is 1. The van der Waals surface area contributed by atoms with Crippen LogP contribution in [0.4, 0.5) is 18.9 Å². The number of rotatable bonds is 9. The first-order valence-corrected chi connectivity index (χ1v) is 12.7. The Morgan fingerprint density at radius 2 is 1.76 bits per heavy atom. The quantitative estimate of drug-likeness (QED) is 0.281. The van der Waals surface area contributed by atoms with E-state index in [1.54, 1.807) is 18.2 Å². The second kappa shape index (κ2) is 11.6. The predicted molar refractivity (Wildman–Crippen MR) is 135 cm³/mol. The highest BCUT2D eigenvalue weighted by molar-refractivity contribution is 9.10. The van der Waals surface area contributed by atoms with Gasteiger partial charge in [-0.3, -0.25) is 9.10 Å². The molecule has 0 aliphatic heterocycles. The van der Waals surface area contributed by atoms with Crippen molar-refractivity contribution in [3.05, 3.63) is 82.3 Å². The number of hydrogen-bond donors (Lipinski definition) is 1. The molecular weight excluding hydrogens is 579 g/mol. The Bertz CT molecular complexity index is 1400. The van der Waals surface area contributed by atoms with Gasteiger partial charge in [-0.1, -0.05) is 24.3 Å². The first-order chi connectivity index (χ1) is 17.5. The number of anilines is 1. The number of methoxy groups -OCH3 is 2. The van der Waals surface area contributed by atoms with Gasteiger partial charge in [-0.15, -0.1) is 0 Å². The fraction of sp³-hybridized carbons (Fsp3) is 0.167. The normalized spacial score (nSPS) is 11.8. The Hall–Kier alpha value is -3.58. The molecule has 0 radical (unpaired) electrons. The largest absolute Gasteiger partial charge is 0.493 e. The Morgan fingerprint density at radius 3 is 2.38 bits per heavy atom. The minimum absolute atomic E-state index is 0.195. The lowest BCUT2D eigenvalue weighted by molar-refractivity contribution is -0.137. The number of ether oxygens (including phenoxy) is 2. The topological polar surface area (TPSA) is 97.3 Å². The van der Waals surface area contributed by atoms with E-state index in [4.69, 9.17) is 9.47 Å². The number of alkyl halides is 3. The van der Waals surface area contributed by atoms with Crippen LogP contribution in [0, 0.1) is 0 Å². The van der Waals surface area contributed by atoms with E-state index in [1.807, 2.05) is 0 Å². The van der Waals surface area contributed by atoms with Gasteiger partial charge < -0.3 is 9.47 Å². The number of benzene rings is 3. The molecule has 0 heterocycles. The summed E-state index contributed by atoms with van der Waals surface area (Å²) in [7, 11) is -1.48. The predicted octanol–water partition coefficient (Wildman–Crippen LogP) is 4.83. The van der Waals surface area contributed by atoms with Gasteiger partial charge in [-0.05, 0) is 64.0 Å². The van der Waals surface area contributed by atoms with Crippen LogP contribution in [0.15, 0.2) is 81.2 Å². The number of nitrogens with one attached hydrogen (secondary N) is 1. The van der Waals surface area contributed by atoms with Gasteiger partial charge >= 0.3 is 6.18 Å². The van der Waals surface area contributed by atoms with E-state index in [-0.39, 0.29) is 10.6 Å². The van der Waals surface area contributed by atoms with Crippen LogP contribution in [-0.2, 0) is 21.0 Å². The summed E-state index contributed by atoms with van der Waals surface area (Å²) in [6.07, 6.45) is -3.43. The Kier molecular flexibility index (Phi) is 8.81. The Balaban J connectivity index is 1.89. The van der Waals surface area contributed by atoms with Crippen molar-refractivity contribution in [2.24, 2.45) is 5.10 Å². The van der Waals surface area contributed by atoms with Gasteiger partial charge in [0.05, 0.1) is 41.1 Å². The average Bonchev–Trinajstić information content (AvgIpc) is 2.87. The van der Waals surface area contributed by atoms with Crippen LogP contribution < -0.4 is 19.2 Å². The lowest BCUT2D eigenvalue weighted by atomic mass is 10.2. The van der Waals surface area contributed by atoms with Crippen molar-refractivity contribution in [1.29, 1.82) is 0 Å². The number of amides is 1. The van der Waals surface area contributed by atoms with Crippen LogP contribution in [0.3, 0.4) is 0 Å². The van der Waals surface area contributed by atoms with Gasteiger partial charge in [-0.2, -0.15) is 18.3 Å². The molecular formula is C24H21BrF3N3O5S. The summed E-state index contributed by atoms with van der Waals surface area (Å²) in [4.78, 5) is 12.5. The molecule has 0 spiro atoms. The highest BCUT2D eigenvalue weighted by atomic mass is 79.9. The molecule has 0 saturated carbocycles. The number of carbonyl (C=O) groups is 1. The summed E-state index contributed by atoms with van der Waals surface area (Å²) in [6, 6.07) is 14.0. The maximum atomic E-state index is 13.3. The van der Waals surface area contributed by atoms with Crippen LogP contribution >= 0.6 is 15.9 Å².